The molecule has 0 unspecified atom stereocenters. The molecule has 0 aliphatic carbocycles. The minimum Gasteiger partial charge on any atom is -0.461 e. The van der Waals surface area contributed by atoms with Crippen molar-refractivity contribution in [3.05, 3.63) is 17.7 Å². The molecule has 0 saturated carbocycles. The van der Waals surface area contributed by atoms with Crippen LogP contribution >= 0.6 is 0 Å². The fraction of sp³-hybridized carbons (Fsp3) is 0.714. The summed E-state index contributed by atoms with van der Waals surface area (Å²) in [4.78, 5) is 15.0. The van der Waals surface area contributed by atoms with Gasteiger partial charge in [-0.15, -0.1) is 0 Å². The van der Waals surface area contributed by atoms with Crippen LogP contribution in [-0.2, 0) is 14.0 Å². The predicted octanol–water partition coefficient (Wildman–Crippen LogP) is 3.47. The van der Waals surface area contributed by atoms with Gasteiger partial charge in [0.15, 0.2) is 0 Å². The Morgan fingerprint density at radius 3 is 2.38 bits per heavy atom. The van der Waals surface area contributed by atoms with E-state index in [9.17, 15) is 0 Å². The van der Waals surface area contributed by atoms with Gasteiger partial charge in [-0.1, -0.05) is 6.07 Å². The molecule has 0 bridgehead atoms. The molecule has 1 aromatic carbocycles. The second-order valence-corrected chi connectivity index (χ2v) is 12.3. The van der Waals surface area contributed by atoms with Gasteiger partial charge in [-0.25, -0.2) is 0 Å². The van der Waals surface area contributed by atoms with Gasteiger partial charge in [0, 0.05) is 25.1 Å². The van der Waals surface area contributed by atoms with Crippen molar-refractivity contribution < 1.29 is 18.8 Å². The average Bonchev–Trinajstić information content (AvgIpc) is 3.39. The lowest BCUT2D eigenvalue weighted by atomic mass is 9.75. The Labute approximate surface area is 221 Å². The molecule has 6 rings (SSSR count). The third-order valence-corrected chi connectivity index (χ3v) is 9.43. The number of ether oxygens (including phenoxy) is 2. The maximum absolute atomic E-state index is 6.47. The quantitative estimate of drug-likeness (QED) is 0.569. The second kappa shape index (κ2) is 9.36. The second-order valence-electron chi connectivity index (χ2n) is 12.3. The van der Waals surface area contributed by atoms with Gasteiger partial charge in [0.25, 0.3) is 0 Å². The molecule has 0 radical (unpaired) electrons. The maximum atomic E-state index is 6.47. The molecule has 200 valence electrons. The van der Waals surface area contributed by atoms with Crippen molar-refractivity contribution in [3.8, 4) is 6.01 Å². The highest BCUT2D eigenvalue weighted by molar-refractivity contribution is 6.63. The molecule has 8 nitrogen and oxygen atoms in total. The van der Waals surface area contributed by atoms with Gasteiger partial charge < -0.3 is 23.7 Å². The van der Waals surface area contributed by atoms with E-state index >= 15 is 0 Å². The first kappa shape index (κ1) is 25.3. The van der Waals surface area contributed by atoms with Crippen LogP contribution in [0.3, 0.4) is 0 Å². The Balaban J connectivity index is 1.38. The summed E-state index contributed by atoms with van der Waals surface area (Å²) in [5.74, 6) is 0.932. The van der Waals surface area contributed by atoms with E-state index in [4.69, 9.17) is 28.8 Å². The summed E-state index contributed by atoms with van der Waals surface area (Å²) in [6, 6.07) is 4.71. The molecule has 0 N–H and O–H groups in total. The van der Waals surface area contributed by atoms with Gasteiger partial charge in [-0.05, 0) is 96.9 Å². The summed E-state index contributed by atoms with van der Waals surface area (Å²) < 4.78 is 25.0. The molecule has 9 heteroatoms. The molecule has 4 aliphatic heterocycles. The first-order chi connectivity index (χ1) is 17.7. The minimum atomic E-state index is -0.437. The van der Waals surface area contributed by atoms with E-state index < -0.39 is 18.3 Å². The number of nitrogens with zero attached hydrogens (tertiary/aromatic N) is 4. The molecule has 4 saturated heterocycles. The first-order valence-electron chi connectivity index (χ1n) is 14.1. The monoisotopic (exact) mass is 508 g/mol. The molecule has 0 spiro atoms. The Morgan fingerprint density at radius 2 is 1.65 bits per heavy atom. The Kier molecular flexibility index (Phi) is 6.42. The molecule has 4 aliphatic rings. The number of fused-ring (bicyclic) bond motifs is 2. The summed E-state index contributed by atoms with van der Waals surface area (Å²) in [5, 5.41) is 1.04. The highest BCUT2D eigenvalue weighted by Crippen LogP contribution is 2.40. The van der Waals surface area contributed by atoms with Gasteiger partial charge in [0.05, 0.1) is 28.9 Å². The molecule has 4 fully saturated rings. The van der Waals surface area contributed by atoms with Crippen molar-refractivity contribution >= 4 is 29.3 Å². The molecule has 0 atom stereocenters. The van der Waals surface area contributed by atoms with Crippen LogP contribution in [0, 0.1) is 6.92 Å². The van der Waals surface area contributed by atoms with Crippen LogP contribution in [0.4, 0.5) is 5.82 Å². The van der Waals surface area contributed by atoms with Crippen LogP contribution in [0.2, 0.25) is 0 Å². The number of hydrogen-bond donors (Lipinski definition) is 0. The summed E-state index contributed by atoms with van der Waals surface area (Å²) in [7, 11) is -0.437. The van der Waals surface area contributed by atoms with Gasteiger partial charge in [-0.3, -0.25) is 4.90 Å². The summed E-state index contributed by atoms with van der Waals surface area (Å²) in [6.07, 6.45) is 5.86. The molecule has 2 aromatic rings. The van der Waals surface area contributed by atoms with Crippen molar-refractivity contribution in [2.75, 3.05) is 50.9 Å². The van der Waals surface area contributed by atoms with Gasteiger partial charge >= 0.3 is 13.1 Å². The van der Waals surface area contributed by atoms with Crippen molar-refractivity contribution in [2.45, 2.75) is 83.5 Å². The van der Waals surface area contributed by atoms with Crippen LogP contribution in [0.25, 0.3) is 10.9 Å². The third kappa shape index (κ3) is 4.42. The zero-order valence-electron chi connectivity index (χ0n) is 23.1. The van der Waals surface area contributed by atoms with Gasteiger partial charge in [0.2, 0.25) is 0 Å². The molecular formula is C28H41BN4O4. The molecule has 1 aromatic heterocycles. The number of benzene rings is 1. The van der Waals surface area contributed by atoms with Crippen LogP contribution in [0.1, 0.15) is 65.4 Å². The highest BCUT2D eigenvalue weighted by Gasteiger charge is 2.52. The number of anilines is 1. The lowest BCUT2D eigenvalue weighted by molar-refractivity contribution is 0.00578. The van der Waals surface area contributed by atoms with Crippen molar-refractivity contribution in [1.82, 2.24) is 14.9 Å². The molecular weight excluding hydrogens is 467 g/mol. The van der Waals surface area contributed by atoms with Crippen molar-refractivity contribution in [1.29, 1.82) is 0 Å². The lowest BCUT2D eigenvalue weighted by Gasteiger charge is -2.32. The first-order valence-corrected chi connectivity index (χ1v) is 14.1. The Bertz CT molecular complexity index is 1140. The van der Waals surface area contributed by atoms with E-state index in [0.717, 1.165) is 53.9 Å². The van der Waals surface area contributed by atoms with E-state index in [1.807, 2.05) is 0 Å². The fourth-order valence-corrected chi connectivity index (χ4v) is 6.46. The Hall–Kier alpha value is -1.94. The zero-order valence-corrected chi connectivity index (χ0v) is 23.1. The number of aryl methyl sites for hydroxylation is 1. The molecule has 0 amide bonds. The zero-order chi connectivity index (χ0) is 25.8. The fourth-order valence-electron chi connectivity index (χ4n) is 6.46. The summed E-state index contributed by atoms with van der Waals surface area (Å²) >= 11 is 0. The highest BCUT2D eigenvalue weighted by atomic mass is 16.7. The smallest absolute Gasteiger partial charge is 0.461 e. The van der Waals surface area contributed by atoms with Crippen LogP contribution in [0.5, 0.6) is 6.01 Å². The normalized spacial score (nSPS) is 25.0. The van der Waals surface area contributed by atoms with E-state index in [0.29, 0.717) is 19.2 Å². The summed E-state index contributed by atoms with van der Waals surface area (Å²) in [5.41, 5.74) is 2.32. The standard InChI is InChI=1S/C28H41BN4O4/c1-20-22(29-36-26(2,3)27(4,5)37-29)10-9-21-23(20)30-25(31-24(21)32-13-8-17-34-18-16-32)35-19-28-11-6-14-33(28)15-7-12-28/h9-10H,6-8,11-19H2,1-5H3. The van der Waals surface area contributed by atoms with Crippen LogP contribution in [0.15, 0.2) is 12.1 Å². The van der Waals surface area contributed by atoms with E-state index in [1.165, 1.54) is 38.8 Å². The lowest BCUT2D eigenvalue weighted by Crippen LogP contribution is -2.43. The minimum absolute atomic E-state index is 0.147. The van der Waals surface area contributed by atoms with E-state index in [2.05, 4.69) is 56.6 Å². The number of rotatable bonds is 5. The summed E-state index contributed by atoms with van der Waals surface area (Å²) in [6.45, 7) is 16.7. The van der Waals surface area contributed by atoms with Crippen molar-refractivity contribution in [3.63, 3.8) is 0 Å². The van der Waals surface area contributed by atoms with Crippen LogP contribution in [-0.4, -0.2) is 84.7 Å². The average molecular weight is 508 g/mol. The molecule has 5 heterocycles. The number of aromatic nitrogens is 2. The Morgan fingerprint density at radius 1 is 0.919 bits per heavy atom. The van der Waals surface area contributed by atoms with Gasteiger partial charge in [0.1, 0.15) is 12.4 Å². The number of hydrogen-bond acceptors (Lipinski definition) is 8. The largest absolute Gasteiger partial charge is 0.495 e. The maximum Gasteiger partial charge on any atom is 0.495 e. The SMILES string of the molecule is Cc1c(B2OC(C)(C)C(C)(C)O2)ccc2c(N3CCCOCC3)nc(OCC34CCCN3CCC4)nc12. The predicted molar refractivity (Wildman–Crippen MR) is 146 cm³/mol. The van der Waals surface area contributed by atoms with E-state index in [1.54, 1.807) is 0 Å². The van der Waals surface area contributed by atoms with E-state index in [-0.39, 0.29) is 5.54 Å². The van der Waals surface area contributed by atoms with Gasteiger partial charge in [-0.2, -0.15) is 9.97 Å². The van der Waals surface area contributed by atoms with Crippen molar-refractivity contribution in [2.24, 2.45) is 0 Å². The van der Waals surface area contributed by atoms with Crippen LogP contribution < -0.4 is 15.1 Å². The molecule has 37 heavy (non-hydrogen) atoms. The topological polar surface area (TPSA) is 69.2 Å². The third-order valence-electron chi connectivity index (χ3n) is 9.43.